The van der Waals surface area contributed by atoms with E-state index in [1.54, 1.807) is 0 Å². The second kappa shape index (κ2) is 6.19. The van der Waals surface area contributed by atoms with Crippen molar-refractivity contribution in [1.82, 2.24) is 4.57 Å². The van der Waals surface area contributed by atoms with Crippen LogP contribution in [0.4, 0.5) is 10.1 Å². The molecule has 0 aliphatic heterocycles. The first kappa shape index (κ1) is 15.4. The average molecular weight is 360 g/mol. The summed E-state index contributed by atoms with van der Waals surface area (Å²) in [6.45, 7) is 7.95. The van der Waals surface area contributed by atoms with Crippen molar-refractivity contribution in [3.8, 4) is 0 Å². The van der Waals surface area contributed by atoms with Crippen molar-refractivity contribution in [3.63, 3.8) is 0 Å². The number of hydrogen-bond donors (Lipinski definition) is 1. The molecular formula is C15H17BrClFN2. The normalized spacial score (nSPS) is 10.9. The van der Waals surface area contributed by atoms with E-state index in [2.05, 4.69) is 52.7 Å². The lowest BCUT2D eigenvalue weighted by Crippen LogP contribution is -2.04. The molecule has 20 heavy (non-hydrogen) atoms. The first-order chi connectivity index (χ1) is 9.43. The van der Waals surface area contributed by atoms with Gasteiger partial charge in [-0.25, -0.2) is 4.39 Å². The topological polar surface area (TPSA) is 17.0 Å². The molecular weight excluding hydrogens is 343 g/mol. The van der Waals surface area contributed by atoms with E-state index in [-0.39, 0.29) is 5.82 Å². The van der Waals surface area contributed by atoms with E-state index in [1.165, 1.54) is 29.1 Å². The van der Waals surface area contributed by atoms with Gasteiger partial charge in [-0.05, 0) is 60.5 Å². The lowest BCUT2D eigenvalue weighted by atomic mass is 10.2. The summed E-state index contributed by atoms with van der Waals surface area (Å²) in [6, 6.07) is 4.88. The quantitative estimate of drug-likeness (QED) is 0.784. The SMILES string of the molecule is CCn1c(C)cc(CNc2c(Cl)cc(F)cc2Br)c1C. The molecule has 0 bridgehead atoms. The van der Waals surface area contributed by atoms with Gasteiger partial charge in [-0.15, -0.1) is 0 Å². The summed E-state index contributed by atoms with van der Waals surface area (Å²) in [5, 5.41) is 3.65. The van der Waals surface area contributed by atoms with E-state index in [9.17, 15) is 4.39 Å². The maximum absolute atomic E-state index is 13.2. The zero-order valence-electron chi connectivity index (χ0n) is 11.7. The number of halogens is 3. The molecule has 2 nitrogen and oxygen atoms in total. The van der Waals surface area contributed by atoms with Gasteiger partial charge in [0.2, 0.25) is 0 Å². The highest BCUT2D eigenvalue weighted by Crippen LogP contribution is 2.32. The second-order valence-electron chi connectivity index (χ2n) is 4.74. The summed E-state index contributed by atoms with van der Waals surface area (Å²) >= 11 is 9.40. The molecule has 5 heteroatoms. The Morgan fingerprint density at radius 2 is 2.00 bits per heavy atom. The highest BCUT2D eigenvalue weighted by molar-refractivity contribution is 9.10. The summed E-state index contributed by atoms with van der Waals surface area (Å²) in [6.07, 6.45) is 0. The minimum atomic E-state index is -0.350. The zero-order valence-corrected chi connectivity index (χ0v) is 14.1. The van der Waals surface area contributed by atoms with Crippen molar-refractivity contribution in [2.24, 2.45) is 0 Å². The van der Waals surface area contributed by atoms with Gasteiger partial charge in [0.25, 0.3) is 0 Å². The van der Waals surface area contributed by atoms with Crippen molar-refractivity contribution in [3.05, 3.63) is 50.5 Å². The van der Waals surface area contributed by atoms with Crippen molar-refractivity contribution in [2.45, 2.75) is 33.9 Å². The largest absolute Gasteiger partial charge is 0.379 e. The van der Waals surface area contributed by atoms with Crippen molar-refractivity contribution >= 4 is 33.2 Å². The Kier molecular flexibility index (Phi) is 4.76. The first-order valence-corrected chi connectivity index (χ1v) is 7.65. The van der Waals surface area contributed by atoms with Gasteiger partial charge in [-0.2, -0.15) is 0 Å². The van der Waals surface area contributed by atoms with Crippen LogP contribution in [0, 0.1) is 19.7 Å². The summed E-state index contributed by atoms with van der Waals surface area (Å²) in [7, 11) is 0. The molecule has 1 aromatic carbocycles. The van der Waals surface area contributed by atoms with Gasteiger partial charge in [0.05, 0.1) is 10.7 Å². The molecule has 0 aliphatic rings. The van der Waals surface area contributed by atoms with Gasteiger partial charge in [-0.3, -0.25) is 0 Å². The van der Waals surface area contributed by atoms with Gasteiger partial charge < -0.3 is 9.88 Å². The maximum Gasteiger partial charge on any atom is 0.125 e. The van der Waals surface area contributed by atoms with Gasteiger partial charge in [0, 0.05) is 29.0 Å². The van der Waals surface area contributed by atoms with Gasteiger partial charge in [-0.1, -0.05) is 11.6 Å². The third-order valence-corrected chi connectivity index (χ3v) is 4.38. The van der Waals surface area contributed by atoms with Crippen LogP contribution in [0.1, 0.15) is 23.9 Å². The Hall–Kier alpha value is -1.00. The molecule has 0 aliphatic carbocycles. The molecule has 0 unspecified atom stereocenters. The van der Waals surface area contributed by atoms with Crippen LogP contribution < -0.4 is 5.32 Å². The monoisotopic (exact) mass is 358 g/mol. The molecule has 0 amide bonds. The van der Waals surface area contributed by atoms with E-state index < -0.39 is 0 Å². The molecule has 2 aromatic rings. The van der Waals surface area contributed by atoms with Gasteiger partial charge >= 0.3 is 0 Å². The fraction of sp³-hybridized carbons (Fsp3) is 0.333. The average Bonchev–Trinajstić information content (AvgIpc) is 2.62. The molecule has 0 saturated carbocycles. The fourth-order valence-corrected chi connectivity index (χ4v) is 3.39. The molecule has 108 valence electrons. The predicted octanol–water partition coefficient (Wildman–Crippen LogP) is 5.29. The van der Waals surface area contributed by atoms with E-state index in [0.717, 1.165) is 12.2 Å². The van der Waals surface area contributed by atoms with Crippen LogP contribution in [-0.4, -0.2) is 4.57 Å². The second-order valence-corrected chi connectivity index (χ2v) is 6.00. The van der Waals surface area contributed by atoms with Crippen LogP contribution in [0.2, 0.25) is 5.02 Å². The number of hydrogen-bond acceptors (Lipinski definition) is 1. The van der Waals surface area contributed by atoms with E-state index >= 15 is 0 Å². The standard InChI is InChI=1S/C15H17BrClFN2/c1-4-20-9(2)5-11(10(20)3)8-19-15-13(16)6-12(18)7-14(15)17/h5-7,19H,4,8H2,1-3H3. The minimum Gasteiger partial charge on any atom is -0.379 e. The molecule has 0 spiro atoms. The van der Waals surface area contributed by atoms with E-state index in [4.69, 9.17) is 11.6 Å². The summed E-state index contributed by atoms with van der Waals surface area (Å²) in [5.41, 5.74) is 4.42. The smallest absolute Gasteiger partial charge is 0.125 e. The molecule has 1 aromatic heterocycles. The zero-order chi connectivity index (χ0) is 14.9. The van der Waals surface area contributed by atoms with Crippen molar-refractivity contribution in [2.75, 3.05) is 5.32 Å². The minimum absolute atomic E-state index is 0.350. The number of nitrogens with zero attached hydrogens (tertiary/aromatic N) is 1. The highest BCUT2D eigenvalue weighted by Gasteiger charge is 2.11. The van der Waals surface area contributed by atoms with Crippen LogP contribution in [0.5, 0.6) is 0 Å². The van der Waals surface area contributed by atoms with Gasteiger partial charge in [0.15, 0.2) is 0 Å². The van der Waals surface area contributed by atoms with Crippen molar-refractivity contribution in [1.29, 1.82) is 0 Å². The summed E-state index contributed by atoms with van der Waals surface area (Å²) < 4.78 is 16.1. The van der Waals surface area contributed by atoms with Crippen molar-refractivity contribution < 1.29 is 4.39 Å². The Morgan fingerprint density at radius 3 is 2.55 bits per heavy atom. The third-order valence-electron chi connectivity index (χ3n) is 3.46. The van der Waals surface area contributed by atoms with Crippen LogP contribution >= 0.6 is 27.5 Å². The molecule has 0 radical (unpaired) electrons. The molecule has 1 N–H and O–H groups in total. The van der Waals surface area contributed by atoms with Crippen LogP contribution in [-0.2, 0) is 13.1 Å². The molecule has 0 saturated heterocycles. The summed E-state index contributed by atoms with van der Waals surface area (Å²) in [5.74, 6) is -0.350. The van der Waals surface area contributed by atoms with Gasteiger partial charge in [0.1, 0.15) is 5.82 Å². The number of aryl methyl sites for hydroxylation is 1. The molecule has 2 rings (SSSR count). The predicted molar refractivity (Wildman–Crippen MR) is 86.0 cm³/mol. The molecule has 1 heterocycles. The maximum atomic E-state index is 13.2. The molecule has 0 fully saturated rings. The lowest BCUT2D eigenvalue weighted by molar-refractivity contribution is 0.627. The highest BCUT2D eigenvalue weighted by atomic mass is 79.9. The first-order valence-electron chi connectivity index (χ1n) is 6.48. The Labute approximate surface area is 132 Å². The number of anilines is 1. The van der Waals surface area contributed by atoms with Crippen LogP contribution in [0.25, 0.3) is 0 Å². The van der Waals surface area contributed by atoms with Crippen LogP contribution in [0.3, 0.4) is 0 Å². The number of nitrogens with one attached hydrogen (secondary N) is 1. The third kappa shape index (κ3) is 3.01. The van der Waals surface area contributed by atoms with E-state index in [1.807, 2.05) is 0 Å². The van der Waals surface area contributed by atoms with Crippen LogP contribution in [0.15, 0.2) is 22.7 Å². The number of aromatic nitrogens is 1. The number of benzene rings is 1. The summed E-state index contributed by atoms with van der Waals surface area (Å²) in [4.78, 5) is 0. The fourth-order valence-electron chi connectivity index (χ4n) is 2.43. The Morgan fingerprint density at radius 1 is 1.30 bits per heavy atom. The Balaban J connectivity index is 2.21. The Bertz CT molecular complexity index is 614. The molecule has 0 atom stereocenters. The number of rotatable bonds is 4. The van der Waals surface area contributed by atoms with E-state index in [0.29, 0.717) is 16.0 Å². The lowest BCUT2D eigenvalue weighted by Gasteiger charge is -2.11.